The second-order valence-corrected chi connectivity index (χ2v) is 2.34. The molecular weight excluding hydrogens is 105 g/mol. The van der Waals surface area contributed by atoms with Crippen molar-refractivity contribution in [3.8, 4) is 0 Å². The van der Waals surface area contributed by atoms with Gasteiger partial charge in [0.05, 0.1) is 0 Å². The van der Waals surface area contributed by atoms with Crippen molar-refractivity contribution in [1.82, 2.24) is 5.32 Å². The van der Waals surface area contributed by atoms with Gasteiger partial charge < -0.3 is 5.32 Å². The molecule has 8 heavy (non-hydrogen) atoms. The van der Waals surface area contributed by atoms with Gasteiger partial charge in [0.25, 0.3) is 0 Å². The summed E-state index contributed by atoms with van der Waals surface area (Å²) in [6, 6.07) is 0. The highest BCUT2D eigenvalue weighted by atomic mass is 19.1. The number of halogens is 1. The van der Waals surface area contributed by atoms with Gasteiger partial charge in [-0.25, -0.2) is 4.39 Å². The van der Waals surface area contributed by atoms with Gasteiger partial charge in [-0.05, 0) is 25.3 Å². The minimum absolute atomic E-state index is 0.229. The van der Waals surface area contributed by atoms with Crippen LogP contribution in [-0.2, 0) is 0 Å². The lowest BCUT2D eigenvalue weighted by Crippen LogP contribution is -2.19. The Morgan fingerprint density at radius 1 is 1.50 bits per heavy atom. The zero-order valence-corrected chi connectivity index (χ0v) is 4.99. The molecule has 0 unspecified atom stereocenters. The van der Waals surface area contributed by atoms with Crippen LogP contribution in [0.3, 0.4) is 0 Å². The molecule has 48 valence electrons. The van der Waals surface area contributed by atoms with E-state index < -0.39 is 0 Å². The normalized spacial score (nSPS) is 19.1. The summed E-state index contributed by atoms with van der Waals surface area (Å²) in [5.41, 5.74) is 0. The van der Waals surface area contributed by atoms with Crippen LogP contribution < -0.4 is 5.32 Å². The lowest BCUT2D eigenvalue weighted by atomic mass is 10.4. The van der Waals surface area contributed by atoms with Crippen molar-refractivity contribution in [3.63, 3.8) is 0 Å². The van der Waals surface area contributed by atoms with Gasteiger partial charge in [0.1, 0.15) is 6.67 Å². The molecule has 0 heterocycles. The maximum Gasteiger partial charge on any atom is 0.102 e. The van der Waals surface area contributed by atoms with Crippen molar-refractivity contribution < 1.29 is 4.39 Å². The van der Waals surface area contributed by atoms with E-state index >= 15 is 0 Å². The monoisotopic (exact) mass is 117 g/mol. The fourth-order valence-electron chi connectivity index (χ4n) is 0.695. The first-order valence-electron chi connectivity index (χ1n) is 3.20. The Bertz CT molecular complexity index is 61.5. The van der Waals surface area contributed by atoms with Gasteiger partial charge in [0.2, 0.25) is 0 Å². The topological polar surface area (TPSA) is 12.0 Å². The highest BCUT2D eigenvalue weighted by Crippen LogP contribution is 2.27. The molecule has 0 atom stereocenters. The van der Waals surface area contributed by atoms with Crippen molar-refractivity contribution in [2.75, 3.05) is 19.8 Å². The van der Waals surface area contributed by atoms with E-state index in [0.29, 0.717) is 6.54 Å². The Kier molecular flexibility index (Phi) is 2.27. The average Bonchev–Trinajstić information content (AvgIpc) is 2.51. The Morgan fingerprint density at radius 3 is 2.75 bits per heavy atom. The summed E-state index contributed by atoms with van der Waals surface area (Å²) in [5, 5.41) is 3.02. The molecule has 0 radical (unpaired) electrons. The Labute approximate surface area is 49.3 Å². The van der Waals surface area contributed by atoms with Crippen molar-refractivity contribution in [2.24, 2.45) is 5.92 Å². The van der Waals surface area contributed by atoms with Crippen LogP contribution in [-0.4, -0.2) is 19.8 Å². The van der Waals surface area contributed by atoms with Crippen LogP contribution in [0.4, 0.5) is 4.39 Å². The maximum absolute atomic E-state index is 11.4. The summed E-state index contributed by atoms with van der Waals surface area (Å²) >= 11 is 0. The van der Waals surface area contributed by atoms with Crippen molar-refractivity contribution in [2.45, 2.75) is 12.8 Å². The minimum atomic E-state index is -0.229. The molecule has 0 amide bonds. The molecule has 0 aromatic carbocycles. The summed E-state index contributed by atoms with van der Waals surface area (Å²) < 4.78 is 11.4. The predicted molar refractivity (Wildman–Crippen MR) is 31.6 cm³/mol. The minimum Gasteiger partial charge on any atom is -0.314 e. The molecule has 0 bridgehead atoms. The molecular formula is C6H12FN. The van der Waals surface area contributed by atoms with E-state index in [1.165, 1.54) is 12.8 Å². The van der Waals surface area contributed by atoms with Crippen molar-refractivity contribution >= 4 is 0 Å². The maximum atomic E-state index is 11.4. The van der Waals surface area contributed by atoms with E-state index in [2.05, 4.69) is 5.32 Å². The zero-order chi connectivity index (χ0) is 5.82. The number of nitrogens with one attached hydrogen (secondary N) is 1. The van der Waals surface area contributed by atoms with Gasteiger partial charge in [0.15, 0.2) is 0 Å². The summed E-state index contributed by atoms with van der Waals surface area (Å²) in [5.74, 6) is 0.876. The Balaban J connectivity index is 1.74. The van der Waals surface area contributed by atoms with Gasteiger partial charge in [-0.3, -0.25) is 0 Å². The molecule has 1 aliphatic rings. The van der Waals surface area contributed by atoms with Crippen molar-refractivity contribution in [3.05, 3.63) is 0 Å². The summed E-state index contributed by atoms with van der Waals surface area (Å²) in [6.45, 7) is 1.34. The zero-order valence-electron chi connectivity index (χ0n) is 4.99. The van der Waals surface area contributed by atoms with Crippen LogP contribution in [0.1, 0.15) is 12.8 Å². The third kappa shape index (κ3) is 2.26. The van der Waals surface area contributed by atoms with Gasteiger partial charge in [-0.15, -0.1) is 0 Å². The van der Waals surface area contributed by atoms with Gasteiger partial charge in [-0.1, -0.05) is 0 Å². The Hall–Kier alpha value is -0.110. The molecule has 2 heteroatoms. The lowest BCUT2D eigenvalue weighted by molar-refractivity contribution is 0.462. The Morgan fingerprint density at radius 2 is 2.25 bits per heavy atom. The summed E-state index contributed by atoms with van der Waals surface area (Å²) in [7, 11) is 0. The standard InChI is InChI=1S/C6H12FN/c7-3-4-8-5-6-1-2-6/h6,8H,1-5H2. The van der Waals surface area contributed by atoms with Gasteiger partial charge in [0, 0.05) is 6.54 Å². The fraction of sp³-hybridized carbons (Fsp3) is 1.00. The van der Waals surface area contributed by atoms with Gasteiger partial charge >= 0.3 is 0 Å². The molecule has 1 saturated carbocycles. The first kappa shape index (κ1) is 6.02. The predicted octanol–water partition coefficient (Wildman–Crippen LogP) is 0.956. The van der Waals surface area contributed by atoms with Crippen LogP contribution in [0.25, 0.3) is 0 Å². The highest BCUT2D eigenvalue weighted by molar-refractivity contribution is 4.74. The SMILES string of the molecule is FCCNCC1CC1. The fourth-order valence-corrected chi connectivity index (χ4v) is 0.695. The van der Waals surface area contributed by atoms with Crippen LogP contribution in [0.5, 0.6) is 0 Å². The number of alkyl halides is 1. The van der Waals surface area contributed by atoms with Crippen LogP contribution >= 0.6 is 0 Å². The van der Waals surface area contributed by atoms with Crippen LogP contribution in [0, 0.1) is 5.92 Å². The molecule has 0 saturated heterocycles. The van der Waals surface area contributed by atoms with Gasteiger partial charge in [-0.2, -0.15) is 0 Å². The third-order valence-corrected chi connectivity index (χ3v) is 1.40. The molecule has 0 aromatic rings. The quantitative estimate of drug-likeness (QED) is 0.541. The molecule has 1 aliphatic carbocycles. The van der Waals surface area contributed by atoms with E-state index in [0.717, 1.165) is 12.5 Å². The number of rotatable bonds is 4. The number of hydrogen-bond donors (Lipinski definition) is 1. The third-order valence-electron chi connectivity index (χ3n) is 1.40. The molecule has 0 aromatic heterocycles. The largest absolute Gasteiger partial charge is 0.314 e. The second kappa shape index (κ2) is 3.02. The molecule has 1 nitrogen and oxygen atoms in total. The average molecular weight is 117 g/mol. The molecule has 1 N–H and O–H groups in total. The van der Waals surface area contributed by atoms with E-state index in [4.69, 9.17) is 0 Å². The lowest BCUT2D eigenvalue weighted by Gasteiger charge is -1.95. The first-order valence-corrected chi connectivity index (χ1v) is 3.20. The summed E-state index contributed by atoms with van der Waals surface area (Å²) in [4.78, 5) is 0. The van der Waals surface area contributed by atoms with Crippen LogP contribution in [0.2, 0.25) is 0 Å². The van der Waals surface area contributed by atoms with Crippen LogP contribution in [0.15, 0.2) is 0 Å². The van der Waals surface area contributed by atoms with E-state index in [1.807, 2.05) is 0 Å². The van der Waals surface area contributed by atoms with E-state index in [1.54, 1.807) is 0 Å². The van der Waals surface area contributed by atoms with E-state index in [9.17, 15) is 4.39 Å². The van der Waals surface area contributed by atoms with E-state index in [-0.39, 0.29) is 6.67 Å². The molecule has 0 spiro atoms. The van der Waals surface area contributed by atoms with Crippen molar-refractivity contribution in [1.29, 1.82) is 0 Å². The number of hydrogen-bond acceptors (Lipinski definition) is 1. The molecule has 1 fully saturated rings. The summed E-state index contributed by atoms with van der Waals surface area (Å²) in [6.07, 6.45) is 2.69. The highest BCUT2D eigenvalue weighted by Gasteiger charge is 2.19. The first-order chi connectivity index (χ1) is 3.93. The second-order valence-electron chi connectivity index (χ2n) is 2.34. The smallest absolute Gasteiger partial charge is 0.102 e. The molecule has 1 rings (SSSR count). The molecule has 0 aliphatic heterocycles.